The molecule has 2 amide bonds. The zero-order valence-corrected chi connectivity index (χ0v) is 20.6. The van der Waals surface area contributed by atoms with Gasteiger partial charge in [0.25, 0.3) is 11.8 Å². The second-order valence-corrected chi connectivity index (χ2v) is 9.04. The lowest BCUT2D eigenvalue weighted by atomic mass is 9.93. The molecule has 1 aliphatic heterocycles. The van der Waals surface area contributed by atoms with Crippen molar-refractivity contribution in [3.05, 3.63) is 93.1 Å². The van der Waals surface area contributed by atoms with Crippen molar-refractivity contribution in [1.82, 2.24) is 14.8 Å². The minimum absolute atomic E-state index is 0.178. The fourth-order valence-electron chi connectivity index (χ4n) is 4.26. The number of carbonyl (C=O) groups is 2. The molecule has 1 aromatic heterocycles. The average molecular weight is 509 g/mol. The van der Waals surface area contributed by atoms with E-state index in [0.717, 1.165) is 5.56 Å². The predicted octanol–water partition coefficient (Wildman–Crippen LogP) is 4.65. The van der Waals surface area contributed by atoms with Gasteiger partial charge in [0.1, 0.15) is 5.69 Å². The Hall–Kier alpha value is -3.60. The highest BCUT2D eigenvalue weighted by molar-refractivity contribution is 6.42. The predicted molar refractivity (Wildman–Crippen MR) is 133 cm³/mol. The van der Waals surface area contributed by atoms with Crippen molar-refractivity contribution in [3.8, 4) is 11.9 Å². The molecule has 0 N–H and O–H groups in total. The number of methoxy groups -OCH3 is 1. The normalized spacial score (nSPS) is 17.1. The van der Waals surface area contributed by atoms with Crippen LogP contribution in [0.25, 0.3) is 0 Å². The summed E-state index contributed by atoms with van der Waals surface area (Å²) in [6, 6.07) is 18.6. The van der Waals surface area contributed by atoms with E-state index in [1.54, 1.807) is 71.4 Å². The maximum atomic E-state index is 13.3. The van der Waals surface area contributed by atoms with Gasteiger partial charge in [-0.25, -0.2) is 4.98 Å². The van der Waals surface area contributed by atoms with Gasteiger partial charge in [0.15, 0.2) is 0 Å². The van der Waals surface area contributed by atoms with Crippen LogP contribution in [-0.4, -0.2) is 59.9 Å². The van der Waals surface area contributed by atoms with E-state index < -0.39 is 0 Å². The Labute approximate surface area is 213 Å². The highest BCUT2D eigenvalue weighted by Crippen LogP contribution is 2.35. The Morgan fingerprint density at radius 2 is 1.83 bits per heavy atom. The number of nitrogens with zero attached hydrogens (tertiary/aromatic N) is 4. The summed E-state index contributed by atoms with van der Waals surface area (Å²) >= 11 is 12.4. The van der Waals surface area contributed by atoms with Gasteiger partial charge in [0, 0.05) is 37.7 Å². The van der Waals surface area contributed by atoms with E-state index in [2.05, 4.69) is 11.1 Å². The number of rotatable bonds is 5. The molecule has 0 radical (unpaired) electrons. The van der Waals surface area contributed by atoms with E-state index in [-0.39, 0.29) is 29.5 Å². The average Bonchev–Trinajstić information content (AvgIpc) is 3.34. The minimum atomic E-state index is -0.338. The van der Waals surface area contributed by atoms with E-state index in [0.29, 0.717) is 40.1 Å². The largest absolute Gasteiger partial charge is 0.481 e. The second-order valence-electron chi connectivity index (χ2n) is 8.23. The Kier molecular flexibility index (Phi) is 7.25. The topological polar surface area (TPSA) is 86.5 Å². The molecule has 0 bridgehead atoms. The molecule has 9 heteroatoms. The Bertz CT molecular complexity index is 1310. The Balaban J connectivity index is 1.65. The molecule has 35 heavy (non-hydrogen) atoms. The highest BCUT2D eigenvalue weighted by atomic mass is 35.5. The van der Waals surface area contributed by atoms with Gasteiger partial charge in [-0.05, 0) is 48.0 Å². The summed E-state index contributed by atoms with van der Waals surface area (Å²) in [5, 5.41) is 9.88. The van der Waals surface area contributed by atoms with Crippen molar-refractivity contribution >= 4 is 35.0 Å². The van der Waals surface area contributed by atoms with Crippen LogP contribution in [0.4, 0.5) is 0 Å². The third kappa shape index (κ3) is 5.09. The van der Waals surface area contributed by atoms with Crippen LogP contribution in [0.15, 0.2) is 60.7 Å². The van der Waals surface area contributed by atoms with Gasteiger partial charge in [0.2, 0.25) is 5.88 Å². The Morgan fingerprint density at radius 1 is 1.09 bits per heavy atom. The quantitative estimate of drug-likeness (QED) is 0.500. The fraction of sp³-hybridized carbons (Fsp3) is 0.231. The number of carbonyl (C=O) groups excluding carboxylic acids is 2. The number of ether oxygens (including phenoxy) is 1. The lowest BCUT2D eigenvalue weighted by molar-refractivity contribution is 0.0691. The number of aromatic nitrogens is 1. The van der Waals surface area contributed by atoms with Crippen molar-refractivity contribution < 1.29 is 14.3 Å². The number of hydrogen-bond acceptors (Lipinski definition) is 5. The monoisotopic (exact) mass is 508 g/mol. The maximum absolute atomic E-state index is 13.3. The number of amides is 2. The first-order chi connectivity index (χ1) is 16.8. The summed E-state index contributed by atoms with van der Waals surface area (Å²) in [6.45, 7) is 0.695. The van der Waals surface area contributed by atoms with Crippen molar-refractivity contribution in [2.45, 2.75) is 12.0 Å². The van der Waals surface area contributed by atoms with Crippen molar-refractivity contribution in [1.29, 1.82) is 5.26 Å². The number of likely N-dealkylation sites (N-methyl/N-ethyl adjacent to an activating group) is 1. The SMILES string of the molecule is COc1cccc(C(=O)N(C)[C@@H]2CN(C(=O)c3ccc(C#N)cc3)CC2c2ccc(Cl)c(Cl)c2)n1. The lowest BCUT2D eigenvalue weighted by Crippen LogP contribution is -2.42. The molecule has 3 aromatic rings. The van der Waals surface area contributed by atoms with Crippen LogP contribution >= 0.6 is 23.2 Å². The van der Waals surface area contributed by atoms with E-state index in [9.17, 15) is 9.59 Å². The molecular formula is C26H22Cl2N4O3. The molecule has 2 heterocycles. The standard InChI is InChI=1S/C26H22Cl2N4O3/c1-31(26(34)22-4-3-5-24(30-22)35-2)23-15-32(25(33)17-8-6-16(13-29)7-9-17)14-19(23)18-10-11-20(27)21(28)12-18/h3-12,19,23H,14-15H2,1-2H3/t19?,23-/m1/s1. The number of nitriles is 1. The summed E-state index contributed by atoms with van der Waals surface area (Å²) in [5.74, 6) is -0.324. The highest BCUT2D eigenvalue weighted by Gasteiger charge is 2.40. The van der Waals surface area contributed by atoms with Crippen LogP contribution in [0.2, 0.25) is 10.0 Å². The molecule has 0 spiro atoms. The first kappa shape index (κ1) is 24.5. The second kappa shape index (κ2) is 10.3. The third-order valence-corrected chi connectivity index (χ3v) is 6.92. The number of likely N-dealkylation sites (tertiary alicyclic amines) is 1. The molecule has 1 saturated heterocycles. The van der Waals surface area contributed by atoms with Gasteiger partial charge >= 0.3 is 0 Å². The van der Waals surface area contributed by atoms with Crippen LogP contribution in [0.3, 0.4) is 0 Å². The van der Waals surface area contributed by atoms with Crippen LogP contribution in [0.5, 0.6) is 5.88 Å². The maximum Gasteiger partial charge on any atom is 0.272 e. The van der Waals surface area contributed by atoms with Crippen molar-refractivity contribution in [2.75, 3.05) is 27.2 Å². The summed E-state index contributed by atoms with van der Waals surface area (Å²) in [5.41, 5.74) is 2.07. The number of pyridine rings is 1. The van der Waals surface area contributed by atoms with Gasteiger partial charge in [-0.3, -0.25) is 9.59 Å². The third-order valence-electron chi connectivity index (χ3n) is 6.18. The van der Waals surface area contributed by atoms with Gasteiger partial charge < -0.3 is 14.5 Å². The summed E-state index contributed by atoms with van der Waals surface area (Å²) < 4.78 is 5.16. The zero-order valence-electron chi connectivity index (χ0n) is 19.1. The summed E-state index contributed by atoms with van der Waals surface area (Å²) in [7, 11) is 3.19. The van der Waals surface area contributed by atoms with E-state index in [1.165, 1.54) is 7.11 Å². The van der Waals surface area contributed by atoms with Crippen LogP contribution < -0.4 is 4.74 Å². The molecule has 178 valence electrons. The molecule has 2 aromatic carbocycles. The molecule has 0 saturated carbocycles. The molecule has 7 nitrogen and oxygen atoms in total. The van der Waals surface area contributed by atoms with Crippen LogP contribution in [0.1, 0.15) is 37.9 Å². The van der Waals surface area contributed by atoms with Gasteiger partial charge in [-0.2, -0.15) is 5.26 Å². The van der Waals surface area contributed by atoms with Crippen molar-refractivity contribution in [2.24, 2.45) is 0 Å². The molecule has 2 atom stereocenters. The molecule has 1 unspecified atom stereocenters. The zero-order chi connectivity index (χ0) is 25.1. The first-order valence-corrected chi connectivity index (χ1v) is 11.6. The van der Waals surface area contributed by atoms with Gasteiger partial charge in [0.05, 0.1) is 34.8 Å². The Morgan fingerprint density at radius 3 is 2.49 bits per heavy atom. The van der Waals surface area contributed by atoms with Gasteiger partial charge in [-0.15, -0.1) is 0 Å². The molecule has 0 aliphatic carbocycles. The van der Waals surface area contributed by atoms with E-state index in [4.69, 9.17) is 33.2 Å². The molecule has 4 rings (SSSR count). The van der Waals surface area contributed by atoms with Crippen LogP contribution in [0, 0.1) is 11.3 Å². The fourth-order valence-corrected chi connectivity index (χ4v) is 4.57. The minimum Gasteiger partial charge on any atom is -0.481 e. The van der Waals surface area contributed by atoms with Gasteiger partial charge in [-0.1, -0.05) is 35.3 Å². The van der Waals surface area contributed by atoms with Crippen LogP contribution in [-0.2, 0) is 0 Å². The van der Waals surface area contributed by atoms with E-state index in [1.807, 2.05) is 6.07 Å². The van der Waals surface area contributed by atoms with Crippen molar-refractivity contribution in [3.63, 3.8) is 0 Å². The lowest BCUT2D eigenvalue weighted by Gasteiger charge is -2.29. The summed E-state index contributed by atoms with van der Waals surface area (Å²) in [6.07, 6.45) is 0. The molecule has 1 aliphatic rings. The first-order valence-electron chi connectivity index (χ1n) is 10.8. The number of halogens is 2. The smallest absolute Gasteiger partial charge is 0.272 e. The molecular weight excluding hydrogens is 487 g/mol. The van der Waals surface area contributed by atoms with E-state index >= 15 is 0 Å². The molecule has 1 fully saturated rings. The number of hydrogen-bond donors (Lipinski definition) is 0. The summed E-state index contributed by atoms with van der Waals surface area (Å²) in [4.78, 5) is 34.2. The number of benzene rings is 2.